The molecule has 2 unspecified atom stereocenters. The Kier molecular flexibility index (Phi) is 3.45. The minimum atomic E-state index is 0.558. The predicted molar refractivity (Wildman–Crippen MR) is 72.4 cm³/mol. The summed E-state index contributed by atoms with van der Waals surface area (Å²) in [5.74, 6) is 0. The van der Waals surface area contributed by atoms with Crippen LogP contribution < -0.4 is 10.6 Å². The largest absolute Gasteiger partial charge is 0.370 e. The SMILES string of the molecule is Cc1cccc2c1N(C)C(C)C(CCN)S2. The van der Waals surface area contributed by atoms with Gasteiger partial charge in [-0.2, -0.15) is 0 Å². The third kappa shape index (κ3) is 1.94. The van der Waals surface area contributed by atoms with Crippen molar-refractivity contribution >= 4 is 17.4 Å². The fourth-order valence-electron chi connectivity index (χ4n) is 2.36. The van der Waals surface area contributed by atoms with Gasteiger partial charge in [0, 0.05) is 23.2 Å². The van der Waals surface area contributed by atoms with Crippen LogP contribution in [-0.2, 0) is 0 Å². The Bertz CT molecular complexity index is 378. The highest BCUT2D eigenvalue weighted by atomic mass is 32.2. The summed E-state index contributed by atoms with van der Waals surface area (Å²) in [6, 6.07) is 7.11. The number of para-hydroxylation sites is 1. The number of hydrogen-bond donors (Lipinski definition) is 1. The molecule has 1 aromatic carbocycles. The van der Waals surface area contributed by atoms with Crippen molar-refractivity contribution in [2.24, 2.45) is 5.73 Å². The van der Waals surface area contributed by atoms with E-state index in [0.717, 1.165) is 13.0 Å². The highest BCUT2D eigenvalue weighted by Gasteiger charge is 2.29. The average Bonchev–Trinajstić information content (AvgIpc) is 2.25. The summed E-state index contributed by atoms with van der Waals surface area (Å²) in [7, 11) is 2.19. The molecule has 1 aliphatic rings. The van der Waals surface area contributed by atoms with E-state index >= 15 is 0 Å². The number of nitrogens with two attached hydrogens (primary N) is 1. The first-order valence-electron chi connectivity index (χ1n) is 5.84. The number of hydrogen-bond acceptors (Lipinski definition) is 3. The van der Waals surface area contributed by atoms with Gasteiger partial charge >= 0.3 is 0 Å². The highest BCUT2D eigenvalue weighted by molar-refractivity contribution is 8.00. The lowest BCUT2D eigenvalue weighted by molar-refractivity contribution is 0.603. The Morgan fingerprint density at radius 2 is 2.19 bits per heavy atom. The quantitative estimate of drug-likeness (QED) is 0.856. The average molecular weight is 236 g/mol. The van der Waals surface area contributed by atoms with Crippen molar-refractivity contribution in [2.45, 2.75) is 36.5 Å². The van der Waals surface area contributed by atoms with E-state index in [1.54, 1.807) is 0 Å². The Hall–Kier alpha value is -0.670. The normalized spacial score (nSPS) is 24.4. The summed E-state index contributed by atoms with van der Waals surface area (Å²) in [6.07, 6.45) is 1.09. The van der Waals surface area contributed by atoms with E-state index < -0.39 is 0 Å². The van der Waals surface area contributed by atoms with Gasteiger partial charge in [0.1, 0.15) is 0 Å². The zero-order chi connectivity index (χ0) is 11.7. The molecule has 1 aliphatic heterocycles. The monoisotopic (exact) mass is 236 g/mol. The molecule has 16 heavy (non-hydrogen) atoms. The van der Waals surface area contributed by atoms with Crippen LogP contribution in [0.3, 0.4) is 0 Å². The molecule has 1 heterocycles. The number of benzene rings is 1. The molecular weight excluding hydrogens is 216 g/mol. The summed E-state index contributed by atoms with van der Waals surface area (Å²) >= 11 is 1.99. The maximum absolute atomic E-state index is 5.69. The van der Waals surface area contributed by atoms with Crippen molar-refractivity contribution in [1.82, 2.24) is 0 Å². The van der Waals surface area contributed by atoms with Crippen LogP contribution in [0, 0.1) is 6.92 Å². The first-order chi connectivity index (χ1) is 7.65. The molecule has 0 spiro atoms. The molecule has 0 fully saturated rings. The van der Waals surface area contributed by atoms with E-state index in [4.69, 9.17) is 5.73 Å². The molecule has 88 valence electrons. The summed E-state index contributed by atoms with van der Waals surface area (Å²) in [4.78, 5) is 3.81. The van der Waals surface area contributed by atoms with Gasteiger partial charge in [0.25, 0.3) is 0 Å². The maximum atomic E-state index is 5.69. The third-order valence-electron chi connectivity index (χ3n) is 3.43. The van der Waals surface area contributed by atoms with E-state index in [2.05, 4.69) is 44.0 Å². The van der Waals surface area contributed by atoms with Gasteiger partial charge < -0.3 is 10.6 Å². The van der Waals surface area contributed by atoms with Crippen molar-refractivity contribution in [3.63, 3.8) is 0 Å². The second-order valence-electron chi connectivity index (χ2n) is 4.51. The van der Waals surface area contributed by atoms with Crippen LogP contribution >= 0.6 is 11.8 Å². The lowest BCUT2D eigenvalue weighted by Gasteiger charge is -2.40. The summed E-state index contributed by atoms with van der Waals surface area (Å²) in [6.45, 7) is 5.26. The molecule has 2 N–H and O–H groups in total. The standard InChI is InChI=1S/C13H20N2S/c1-9-5-4-6-12-13(9)15(3)10(2)11(16-12)7-8-14/h4-6,10-11H,7-8,14H2,1-3H3. The van der Waals surface area contributed by atoms with Crippen LogP contribution in [-0.4, -0.2) is 24.9 Å². The lowest BCUT2D eigenvalue weighted by Crippen LogP contribution is -2.41. The van der Waals surface area contributed by atoms with Crippen molar-refractivity contribution in [2.75, 3.05) is 18.5 Å². The first-order valence-corrected chi connectivity index (χ1v) is 6.72. The molecule has 2 nitrogen and oxygen atoms in total. The minimum absolute atomic E-state index is 0.558. The summed E-state index contributed by atoms with van der Waals surface area (Å²) in [5, 5.41) is 0.615. The highest BCUT2D eigenvalue weighted by Crippen LogP contribution is 2.43. The fraction of sp³-hybridized carbons (Fsp3) is 0.538. The van der Waals surface area contributed by atoms with Gasteiger partial charge in [-0.15, -0.1) is 11.8 Å². The van der Waals surface area contributed by atoms with Gasteiger partial charge in [-0.05, 0) is 38.4 Å². The Morgan fingerprint density at radius 3 is 2.88 bits per heavy atom. The second-order valence-corrected chi connectivity index (χ2v) is 5.79. The van der Waals surface area contributed by atoms with Crippen LogP contribution in [0.5, 0.6) is 0 Å². The molecule has 0 saturated carbocycles. The Balaban J connectivity index is 2.36. The Labute approximate surface area is 102 Å². The van der Waals surface area contributed by atoms with E-state index in [-0.39, 0.29) is 0 Å². The number of rotatable bonds is 2. The van der Waals surface area contributed by atoms with Crippen molar-refractivity contribution in [3.05, 3.63) is 23.8 Å². The van der Waals surface area contributed by atoms with E-state index in [1.165, 1.54) is 16.1 Å². The smallest absolute Gasteiger partial charge is 0.0534 e. The van der Waals surface area contributed by atoms with Crippen LogP contribution in [0.1, 0.15) is 18.9 Å². The number of thioether (sulfide) groups is 1. The molecule has 0 aromatic heterocycles. The molecule has 0 aliphatic carbocycles. The van der Waals surface area contributed by atoms with E-state index in [9.17, 15) is 0 Å². The number of nitrogens with zero attached hydrogens (tertiary/aromatic N) is 1. The lowest BCUT2D eigenvalue weighted by atomic mass is 10.1. The third-order valence-corrected chi connectivity index (χ3v) is 4.95. The predicted octanol–water partition coefficient (Wildman–Crippen LogP) is 2.64. The summed E-state index contributed by atoms with van der Waals surface area (Å²) < 4.78 is 0. The number of aryl methyl sites for hydroxylation is 1. The van der Waals surface area contributed by atoms with Crippen LogP contribution in [0.4, 0.5) is 5.69 Å². The van der Waals surface area contributed by atoms with Crippen molar-refractivity contribution in [1.29, 1.82) is 0 Å². The zero-order valence-electron chi connectivity index (χ0n) is 10.2. The second kappa shape index (κ2) is 4.68. The molecule has 2 atom stereocenters. The molecule has 0 saturated heterocycles. The number of anilines is 1. The molecular formula is C13H20N2S. The topological polar surface area (TPSA) is 29.3 Å². The maximum Gasteiger partial charge on any atom is 0.0534 e. The van der Waals surface area contributed by atoms with Crippen LogP contribution in [0.2, 0.25) is 0 Å². The van der Waals surface area contributed by atoms with Gasteiger partial charge in [-0.3, -0.25) is 0 Å². The Morgan fingerprint density at radius 1 is 1.44 bits per heavy atom. The molecule has 3 heteroatoms. The zero-order valence-corrected chi connectivity index (χ0v) is 11.1. The summed E-state index contributed by atoms with van der Waals surface area (Å²) in [5.41, 5.74) is 8.45. The molecule has 0 bridgehead atoms. The van der Waals surface area contributed by atoms with Gasteiger partial charge in [0.15, 0.2) is 0 Å². The first kappa shape index (κ1) is 11.8. The van der Waals surface area contributed by atoms with Crippen molar-refractivity contribution < 1.29 is 0 Å². The van der Waals surface area contributed by atoms with Crippen LogP contribution in [0.25, 0.3) is 0 Å². The molecule has 2 rings (SSSR count). The minimum Gasteiger partial charge on any atom is -0.370 e. The number of fused-ring (bicyclic) bond motifs is 1. The molecule has 1 aromatic rings. The van der Waals surface area contributed by atoms with E-state index in [1.807, 2.05) is 11.8 Å². The van der Waals surface area contributed by atoms with Crippen LogP contribution in [0.15, 0.2) is 23.1 Å². The van der Waals surface area contributed by atoms with Gasteiger partial charge in [0.05, 0.1) is 5.69 Å². The molecule has 0 radical (unpaired) electrons. The molecule has 0 amide bonds. The van der Waals surface area contributed by atoms with Crippen molar-refractivity contribution in [3.8, 4) is 0 Å². The van der Waals surface area contributed by atoms with Gasteiger partial charge in [-0.25, -0.2) is 0 Å². The van der Waals surface area contributed by atoms with Gasteiger partial charge in [-0.1, -0.05) is 12.1 Å². The van der Waals surface area contributed by atoms with Gasteiger partial charge in [0.2, 0.25) is 0 Å². The van der Waals surface area contributed by atoms with E-state index in [0.29, 0.717) is 11.3 Å². The fourth-order valence-corrected chi connectivity index (χ4v) is 3.89.